The first-order valence-electron chi connectivity index (χ1n) is 4.51. The smallest absolute Gasteiger partial charge is 0.316 e. The predicted octanol–water partition coefficient (Wildman–Crippen LogP) is 2.50. The Labute approximate surface area is 127 Å². The van der Waals surface area contributed by atoms with E-state index in [-0.39, 0.29) is 45.6 Å². The number of hydrogen-bond acceptors (Lipinski definition) is 2. The molecule has 0 fully saturated rings. The third kappa shape index (κ3) is 4.91. The van der Waals surface area contributed by atoms with Crippen LogP contribution >= 0.6 is 0 Å². The Hall–Kier alpha value is -0.817. The van der Waals surface area contributed by atoms with Crippen LogP contribution in [0.1, 0.15) is 10.4 Å². The standard InChI is InChI=1S/C13H8O2.V.W/c14-13(11-7-3-1-4-8-11)15-12-9-5-2-6-10-12;;/h3-10H;;/q-2;;. The summed E-state index contributed by atoms with van der Waals surface area (Å²) in [6.45, 7) is 0. The Morgan fingerprint density at radius 2 is 1.41 bits per heavy atom. The number of hydrogen-bond donors (Lipinski definition) is 0. The third-order valence-electron chi connectivity index (χ3n) is 1.85. The minimum Gasteiger partial charge on any atom is -0.451 e. The Morgan fingerprint density at radius 3 is 1.94 bits per heavy atom. The summed E-state index contributed by atoms with van der Waals surface area (Å²) in [5.74, 6) is 0.154. The molecule has 0 spiro atoms. The molecule has 0 aliphatic heterocycles. The molecule has 2 rings (SSSR count). The monoisotopic (exact) mass is 431 g/mol. The SMILES string of the molecule is O=C(Oc1cc[c-]cc1)c1cc[c-]cc1.[V].[W]. The number of carbonyl (C=O) groups is 1. The van der Waals surface area contributed by atoms with Gasteiger partial charge < -0.3 is 4.74 Å². The first-order valence-corrected chi connectivity index (χ1v) is 4.51. The van der Waals surface area contributed by atoms with Crippen LogP contribution in [0.5, 0.6) is 5.75 Å². The van der Waals surface area contributed by atoms with Gasteiger partial charge in [0.2, 0.25) is 0 Å². The molecule has 0 amide bonds. The molecule has 0 aliphatic rings. The molecule has 2 aromatic carbocycles. The van der Waals surface area contributed by atoms with Gasteiger partial charge in [0.15, 0.2) is 0 Å². The van der Waals surface area contributed by atoms with Crippen LogP contribution in [-0.4, -0.2) is 5.97 Å². The van der Waals surface area contributed by atoms with Gasteiger partial charge in [-0.3, -0.25) is 0 Å². The molecule has 0 heterocycles. The summed E-state index contributed by atoms with van der Waals surface area (Å²) in [4.78, 5) is 11.6. The summed E-state index contributed by atoms with van der Waals surface area (Å²) in [7, 11) is 0. The normalized spacial score (nSPS) is 8.47. The average Bonchev–Trinajstić information content (AvgIpc) is 2.31. The van der Waals surface area contributed by atoms with E-state index in [1.165, 1.54) is 0 Å². The quantitative estimate of drug-likeness (QED) is 0.415. The van der Waals surface area contributed by atoms with Gasteiger partial charge in [0, 0.05) is 45.4 Å². The first kappa shape index (κ1) is 16.2. The minimum atomic E-state index is -0.366. The van der Waals surface area contributed by atoms with Crippen LogP contribution in [0.2, 0.25) is 0 Å². The number of esters is 1. The summed E-state index contributed by atoms with van der Waals surface area (Å²) < 4.78 is 5.13. The van der Waals surface area contributed by atoms with Gasteiger partial charge in [-0.25, -0.2) is 4.79 Å². The number of ether oxygens (including phenoxy) is 1. The van der Waals surface area contributed by atoms with E-state index in [0.29, 0.717) is 11.3 Å². The fourth-order valence-corrected chi connectivity index (χ4v) is 1.13. The third-order valence-corrected chi connectivity index (χ3v) is 1.85. The number of benzene rings is 2. The molecule has 4 heteroatoms. The van der Waals surface area contributed by atoms with Crippen molar-refractivity contribution in [3.8, 4) is 5.75 Å². The van der Waals surface area contributed by atoms with E-state index in [1.807, 2.05) is 0 Å². The van der Waals surface area contributed by atoms with E-state index in [2.05, 4.69) is 12.1 Å². The summed E-state index contributed by atoms with van der Waals surface area (Å²) in [5.41, 5.74) is 0.515. The van der Waals surface area contributed by atoms with Crippen molar-refractivity contribution in [2.24, 2.45) is 0 Å². The maximum atomic E-state index is 11.6. The van der Waals surface area contributed by atoms with Crippen LogP contribution in [0.25, 0.3) is 0 Å². The average molecular weight is 431 g/mol. The molecule has 85 valence electrons. The molecule has 0 aromatic heterocycles. The fraction of sp³-hybridized carbons (Fsp3) is 0. The van der Waals surface area contributed by atoms with Crippen molar-refractivity contribution in [3.05, 3.63) is 66.2 Å². The molecule has 0 bridgehead atoms. The van der Waals surface area contributed by atoms with Gasteiger partial charge in [0.25, 0.3) is 0 Å². The van der Waals surface area contributed by atoms with Crippen molar-refractivity contribution in [1.29, 1.82) is 0 Å². The maximum Gasteiger partial charge on any atom is 0.316 e. The van der Waals surface area contributed by atoms with Gasteiger partial charge in [0.05, 0.1) is 0 Å². The van der Waals surface area contributed by atoms with E-state index in [9.17, 15) is 4.79 Å². The van der Waals surface area contributed by atoms with Gasteiger partial charge in [-0.05, 0) is 5.56 Å². The van der Waals surface area contributed by atoms with Crippen molar-refractivity contribution < 1.29 is 49.2 Å². The molecule has 2 nitrogen and oxygen atoms in total. The number of rotatable bonds is 2. The van der Waals surface area contributed by atoms with Gasteiger partial charge in [-0.15, -0.1) is 12.1 Å². The fourth-order valence-electron chi connectivity index (χ4n) is 1.13. The first-order chi connectivity index (χ1) is 7.36. The van der Waals surface area contributed by atoms with Crippen molar-refractivity contribution in [1.82, 2.24) is 0 Å². The molecule has 0 unspecified atom stereocenters. The molecule has 0 saturated carbocycles. The summed E-state index contributed by atoms with van der Waals surface area (Å²) in [6, 6.07) is 19.1. The van der Waals surface area contributed by atoms with Crippen molar-refractivity contribution in [2.45, 2.75) is 0 Å². The van der Waals surface area contributed by atoms with Crippen LogP contribution in [0.3, 0.4) is 0 Å². The molecule has 0 atom stereocenters. The summed E-state index contributed by atoms with van der Waals surface area (Å²) in [6.07, 6.45) is 0. The Kier molecular flexibility index (Phi) is 7.90. The van der Waals surface area contributed by atoms with Crippen molar-refractivity contribution >= 4 is 5.97 Å². The Bertz CT molecular complexity index is 445. The second kappa shape index (κ2) is 8.30. The molecule has 17 heavy (non-hydrogen) atoms. The molecular weight excluding hydrogens is 423 g/mol. The molecule has 0 N–H and O–H groups in total. The predicted molar refractivity (Wildman–Crippen MR) is 55.5 cm³/mol. The maximum absolute atomic E-state index is 11.6. The van der Waals surface area contributed by atoms with E-state index in [4.69, 9.17) is 4.74 Å². The Morgan fingerprint density at radius 1 is 0.941 bits per heavy atom. The van der Waals surface area contributed by atoms with Crippen LogP contribution in [0.15, 0.2) is 48.5 Å². The van der Waals surface area contributed by atoms with Crippen molar-refractivity contribution in [3.63, 3.8) is 0 Å². The van der Waals surface area contributed by atoms with E-state index in [0.717, 1.165) is 0 Å². The topological polar surface area (TPSA) is 26.3 Å². The Balaban J connectivity index is 0.00000128. The second-order valence-electron chi connectivity index (χ2n) is 2.91. The zero-order valence-corrected chi connectivity index (χ0v) is 13.1. The summed E-state index contributed by atoms with van der Waals surface area (Å²) in [5, 5.41) is 0. The van der Waals surface area contributed by atoms with Crippen LogP contribution in [0, 0.1) is 12.1 Å². The molecule has 1 radical (unpaired) electrons. The van der Waals surface area contributed by atoms with Crippen LogP contribution in [-0.2, 0) is 39.6 Å². The largest absolute Gasteiger partial charge is 0.451 e. The molecule has 0 aliphatic carbocycles. The summed E-state index contributed by atoms with van der Waals surface area (Å²) >= 11 is 0. The molecule has 2 aromatic rings. The zero-order chi connectivity index (χ0) is 10.5. The van der Waals surface area contributed by atoms with Crippen LogP contribution < -0.4 is 4.74 Å². The van der Waals surface area contributed by atoms with Gasteiger partial charge >= 0.3 is 5.97 Å². The van der Waals surface area contributed by atoms with Crippen LogP contribution in [0.4, 0.5) is 0 Å². The van der Waals surface area contributed by atoms with Crippen molar-refractivity contribution in [2.75, 3.05) is 0 Å². The van der Waals surface area contributed by atoms with E-state index < -0.39 is 0 Å². The second-order valence-corrected chi connectivity index (χ2v) is 2.91. The number of carbonyl (C=O) groups excluding carboxylic acids is 1. The van der Waals surface area contributed by atoms with Gasteiger partial charge in [-0.1, -0.05) is 0 Å². The van der Waals surface area contributed by atoms with E-state index in [1.54, 1.807) is 48.5 Å². The molecular formula is C13H8O2VW-2. The zero-order valence-electron chi connectivity index (χ0n) is 8.79. The molecule has 0 saturated heterocycles. The van der Waals surface area contributed by atoms with Gasteiger partial charge in [-0.2, -0.15) is 48.5 Å². The van der Waals surface area contributed by atoms with Gasteiger partial charge in [0.1, 0.15) is 0 Å². The van der Waals surface area contributed by atoms with E-state index >= 15 is 0 Å². The minimum absolute atomic E-state index is 0.